The number of aldehydes is 1. The Balaban J connectivity index is 1.97. The van der Waals surface area contributed by atoms with Gasteiger partial charge in [-0.05, 0) is 12.5 Å². The maximum Gasteiger partial charge on any atom is 0.217 e. The van der Waals surface area contributed by atoms with Crippen molar-refractivity contribution in [2.24, 2.45) is 0 Å². The summed E-state index contributed by atoms with van der Waals surface area (Å²) in [6, 6.07) is 3.59. The average molecular weight is 222 g/mol. The third-order valence-electron chi connectivity index (χ3n) is 2.64. The van der Waals surface area contributed by atoms with E-state index in [1.165, 1.54) is 6.92 Å². The number of rotatable bonds is 3. The van der Waals surface area contributed by atoms with Crippen molar-refractivity contribution in [2.75, 3.05) is 18.0 Å². The summed E-state index contributed by atoms with van der Waals surface area (Å²) in [6.07, 6.45) is 1.58. The van der Waals surface area contributed by atoms with E-state index in [-0.39, 0.29) is 11.9 Å². The van der Waals surface area contributed by atoms with E-state index in [1.54, 1.807) is 12.1 Å². The van der Waals surface area contributed by atoms with Crippen LogP contribution in [0.1, 0.15) is 23.9 Å². The van der Waals surface area contributed by atoms with Gasteiger partial charge in [0.15, 0.2) is 17.9 Å². The fourth-order valence-electron chi connectivity index (χ4n) is 1.94. The van der Waals surface area contributed by atoms with Gasteiger partial charge in [-0.2, -0.15) is 0 Å². The van der Waals surface area contributed by atoms with Crippen LogP contribution >= 0.6 is 0 Å². The normalized spacial score (nSPS) is 19.8. The predicted octanol–water partition coefficient (Wildman–Crippen LogP) is 0.807. The van der Waals surface area contributed by atoms with Crippen LogP contribution in [0.25, 0.3) is 0 Å². The Kier molecular flexibility index (Phi) is 2.94. The van der Waals surface area contributed by atoms with Crippen LogP contribution in [-0.2, 0) is 4.79 Å². The molecule has 86 valence electrons. The highest BCUT2D eigenvalue weighted by atomic mass is 16.4. The zero-order chi connectivity index (χ0) is 11.5. The average Bonchev–Trinajstić information content (AvgIpc) is 2.83. The molecule has 1 fully saturated rings. The number of anilines is 1. The lowest BCUT2D eigenvalue weighted by Gasteiger charge is -2.15. The number of nitrogens with zero attached hydrogens (tertiary/aromatic N) is 1. The molecule has 0 saturated carbocycles. The molecule has 0 radical (unpaired) electrons. The highest BCUT2D eigenvalue weighted by Gasteiger charge is 2.24. The summed E-state index contributed by atoms with van der Waals surface area (Å²) in [6.45, 7) is 3.07. The second-order valence-corrected chi connectivity index (χ2v) is 3.93. The maximum absolute atomic E-state index is 10.9. The highest BCUT2D eigenvalue weighted by molar-refractivity contribution is 5.73. The molecule has 1 aliphatic rings. The van der Waals surface area contributed by atoms with Gasteiger partial charge in [0.25, 0.3) is 0 Å². The van der Waals surface area contributed by atoms with E-state index in [1.807, 2.05) is 4.90 Å². The van der Waals surface area contributed by atoms with Crippen molar-refractivity contribution in [1.29, 1.82) is 0 Å². The molecule has 2 rings (SSSR count). The minimum absolute atomic E-state index is 0.0140. The first kappa shape index (κ1) is 10.7. The summed E-state index contributed by atoms with van der Waals surface area (Å²) in [5, 5.41) is 2.87. The van der Waals surface area contributed by atoms with E-state index < -0.39 is 0 Å². The molecule has 1 aromatic rings. The molecule has 5 nitrogen and oxygen atoms in total. The second-order valence-electron chi connectivity index (χ2n) is 3.93. The fraction of sp³-hybridized carbons (Fsp3) is 0.455. The molecule has 0 aliphatic carbocycles. The lowest BCUT2D eigenvalue weighted by atomic mass is 10.3. The summed E-state index contributed by atoms with van der Waals surface area (Å²) in [5.41, 5.74) is 0. The SMILES string of the molecule is CC(=O)NC1CCN(c2ccc(C=O)o2)C1. The second kappa shape index (κ2) is 4.38. The number of furan rings is 1. The summed E-state index contributed by atoms with van der Waals surface area (Å²) in [4.78, 5) is 23.4. The molecule has 2 heterocycles. The first-order valence-electron chi connectivity index (χ1n) is 5.26. The van der Waals surface area contributed by atoms with Crippen molar-refractivity contribution >= 4 is 18.1 Å². The van der Waals surface area contributed by atoms with Crippen LogP contribution in [0.3, 0.4) is 0 Å². The van der Waals surface area contributed by atoms with Gasteiger partial charge < -0.3 is 14.6 Å². The van der Waals surface area contributed by atoms with Crippen molar-refractivity contribution in [3.63, 3.8) is 0 Å². The standard InChI is InChI=1S/C11H14N2O3/c1-8(15)12-9-4-5-13(6-9)11-3-2-10(7-14)16-11/h2-3,7,9H,4-6H2,1H3,(H,12,15). The number of amides is 1. The lowest BCUT2D eigenvalue weighted by Crippen LogP contribution is -2.35. The molecule has 1 aromatic heterocycles. The molecule has 1 amide bonds. The minimum Gasteiger partial charge on any atom is -0.438 e. The molecule has 1 atom stereocenters. The van der Waals surface area contributed by atoms with E-state index in [9.17, 15) is 9.59 Å². The van der Waals surface area contributed by atoms with Crippen LogP contribution in [0.2, 0.25) is 0 Å². The van der Waals surface area contributed by atoms with Crippen molar-refractivity contribution in [2.45, 2.75) is 19.4 Å². The van der Waals surface area contributed by atoms with Gasteiger partial charge in [0.2, 0.25) is 5.91 Å². The smallest absolute Gasteiger partial charge is 0.217 e. The molecule has 16 heavy (non-hydrogen) atoms. The van der Waals surface area contributed by atoms with Crippen LogP contribution < -0.4 is 10.2 Å². The van der Waals surface area contributed by atoms with Gasteiger partial charge in [-0.3, -0.25) is 9.59 Å². The monoisotopic (exact) mass is 222 g/mol. The molecule has 1 N–H and O–H groups in total. The van der Waals surface area contributed by atoms with E-state index >= 15 is 0 Å². The molecule has 0 aromatic carbocycles. The van der Waals surface area contributed by atoms with Crippen LogP contribution in [0.15, 0.2) is 16.5 Å². The van der Waals surface area contributed by atoms with E-state index in [2.05, 4.69) is 5.32 Å². The number of carbonyl (C=O) groups excluding carboxylic acids is 2. The quantitative estimate of drug-likeness (QED) is 0.769. The van der Waals surface area contributed by atoms with Crippen molar-refractivity contribution in [3.8, 4) is 0 Å². The van der Waals surface area contributed by atoms with Gasteiger partial charge in [-0.1, -0.05) is 0 Å². The zero-order valence-corrected chi connectivity index (χ0v) is 9.10. The van der Waals surface area contributed by atoms with Crippen molar-refractivity contribution < 1.29 is 14.0 Å². The van der Waals surface area contributed by atoms with E-state index in [0.717, 1.165) is 19.5 Å². The van der Waals surface area contributed by atoms with Crippen LogP contribution in [0.4, 0.5) is 5.88 Å². The maximum atomic E-state index is 10.9. The predicted molar refractivity (Wildman–Crippen MR) is 58.5 cm³/mol. The molecule has 1 aliphatic heterocycles. The molecular formula is C11H14N2O3. The van der Waals surface area contributed by atoms with Gasteiger partial charge in [-0.25, -0.2) is 0 Å². The van der Waals surface area contributed by atoms with Gasteiger partial charge in [0.05, 0.1) is 0 Å². The topological polar surface area (TPSA) is 62.6 Å². The summed E-state index contributed by atoms with van der Waals surface area (Å²) < 4.78 is 5.32. The third-order valence-corrected chi connectivity index (χ3v) is 2.64. The lowest BCUT2D eigenvalue weighted by molar-refractivity contribution is -0.119. The van der Waals surface area contributed by atoms with E-state index in [0.29, 0.717) is 17.9 Å². The van der Waals surface area contributed by atoms with Crippen LogP contribution in [0, 0.1) is 0 Å². The Morgan fingerprint density at radius 1 is 1.62 bits per heavy atom. The number of hydrogen-bond acceptors (Lipinski definition) is 4. The molecule has 0 bridgehead atoms. The molecule has 0 spiro atoms. The van der Waals surface area contributed by atoms with Crippen LogP contribution in [0.5, 0.6) is 0 Å². The fourth-order valence-corrected chi connectivity index (χ4v) is 1.94. The Hall–Kier alpha value is -1.78. The zero-order valence-electron chi connectivity index (χ0n) is 9.10. The number of nitrogens with one attached hydrogen (secondary N) is 1. The summed E-state index contributed by atoms with van der Waals surface area (Å²) in [5.74, 6) is 1.01. The third kappa shape index (κ3) is 2.24. The van der Waals surface area contributed by atoms with E-state index in [4.69, 9.17) is 4.42 Å². The Morgan fingerprint density at radius 2 is 2.44 bits per heavy atom. The Bertz CT molecular complexity index is 400. The Labute approximate surface area is 93.4 Å². The number of carbonyl (C=O) groups is 2. The number of hydrogen-bond donors (Lipinski definition) is 1. The van der Waals surface area contributed by atoms with Gasteiger partial charge in [0, 0.05) is 32.1 Å². The minimum atomic E-state index is -0.0140. The molecular weight excluding hydrogens is 208 g/mol. The van der Waals surface area contributed by atoms with Gasteiger partial charge in [-0.15, -0.1) is 0 Å². The largest absolute Gasteiger partial charge is 0.438 e. The Morgan fingerprint density at radius 3 is 3.06 bits per heavy atom. The van der Waals surface area contributed by atoms with Crippen molar-refractivity contribution in [1.82, 2.24) is 5.32 Å². The molecule has 1 unspecified atom stereocenters. The molecule has 1 saturated heterocycles. The first-order chi connectivity index (χ1) is 7.69. The van der Waals surface area contributed by atoms with Gasteiger partial charge >= 0.3 is 0 Å². The molecule has 5 heteroatoms. The first-order valence-corrected chi connectivity index (χ1v) is 5.26. The summed E-state index contributed by atoms with van der Waals surface area (Å²) >= 11 is 0. The van der Waals surface area contributed by atoms with Gasteiger partial charge in [0.1, 0.15) is 0 Å². The summed E-state index contributed by atoms with van der Waals surface area (Å²) in [7, 11) is 0. The highest BCUT2D eigenvalue weighted by Crippen LogP contribution is 2.22. The van der Waals surface area contributed by atoms with Crippen molar-refractivity contribution in [3.05, 3.63) is 17.9 Å². The van der Waals surface area contributed by atoms with Crippen LogP contribution in [-0.4, -0.2) is 31.3 Å².